The van der Waals surface area contributed by atoms with Crippen LogP contribution in [0.5, 0.6) is 0 Å². The smallest absolute Gasteiger partial charge is 0.394 e. The molecule has 0 aliphatic carbocycles. The quantitative estimate of drug-likeness (QED) is 0.289. The molecule has 0 spiro atoms. The van der Waals surface area contributed by atoms with Crippen molar-refractivity contribution in [3.63, 3.8) is 0 Å². The summed E-state index contributed by atoms with van der Waals surface area (Å²) in [6, 6.07) is 3.87. The number of halogens is 5. The number of nitrogens with zero attached hydrogens (tertiary/aromatic N) is 6. The highest BCUT2D eigenvalue weighted by Gasteiger charge is 2.49. The lowest BCUT2D eigenvalue weighted by Gasteiger charge is -2.43. The number of benzene rings is 1. The molecule has 5 atom stereocenters. The molecule has 2 N–H and O–H groups in total. The summed E-state index contributed by atoms with van der Waals surface area (Å²) in [5.74, 6) is -0.161. The number of hydrogen-bond acceptors (Lipinski definition) is 9. The molecule has 0 saturated carbocycles. The Morgan fingerprint density at radius 3 is 2.59 bits per heavy atom. The molecule has 5 rings (SSSR count). The van der Waals surface area contributed by atoms with E-state index in [0.29, 0.717) is 16.4 Å². The lowest BCUT2D eigenvalue weighted by molar-refractivity contribution is -0.216. The third-order valence-electron chi connectivity index (χ3n) is 6.78. The zero-order valence-electron chi connectivity index (χ0n) is 21.8. The van der Waals surface area contributed by atoms with E-state index in [2.05, 4.69) is 20.4 Å². The fraction of sp³-hybridized carbons (Fsp3) is 0.440. The van der Waals surface area contributed by atoms with E-state index in [4.69, 9.17) is 32.7 Å². The minimum absolute atomic E-state index is 0.0763. The van der Waals surface area contributed by atoms with Crippen LogP contribution in [0, 0.1) is 0 Å². The van der Waals surface area contributed by atoms with Gasteiger partial charge in [0, 0.05) is 17.5 Å². The second-order valence-electron chi connectivity index (χ2n) is 9.74. The molecule has 2 unspecified atom stereocenters. The van der Waals surface area contributed by atoms with Crippen molar-refractivity contribution in [2.75, 3.05) is 13.7 Å². The zero-order chi connectivity index (χ0) is 29.6. The first-order chi connectivity index (χ1) is 19.4. The Labute approximate surface area is 246 Å². The number of hydrogen-bond donors (Lipinski definition) is 2. The number of aromatic nitrogens is 6. The van der Waals surface area contributed by atoms with Gasteiger partial charge in [0.05, 0.1) is 35.4 Å². The summed E-state index contributed by atoms with van der Waals surface area (Å²) in [4.78, 5) is 4.19. The summed E-state index contributed by atoms with van der Waals surface area (Å²) in [7, 11) is 1.38. The Morgan fingerprint density at radius 1 is 1.22 bits per heavy atom. The van der Waals surface area contributed by atoms with Crippen molar-refractivity contribution >= 4 is 34.5 Å². The monoisotopic (exact) mass is 632 g/mol. The molecular formula is C25H25Cl2F3N6O4S. The zero-order valence-corrected chi connectivity index (χ0v) is 24.2. The predicted molar refractivity (Wildman–Crippen MR) is 144 cm³/mol. The highest BCUT2D eigenvalue weighted by Crippen LogP contribution is 2.43. The number of rotatable bonds is 7. The summed E-state index contributed by atoms with van der Waals surface area (Å²) < 4.78 is 56.7. The molecule has 0 bridgehead atoms. The van der Waals surface area contributed by atoms with E-state index in [1.807, 2.05) is 13.8 Å². The van der Waals surface area contributed by atoms with Crippen molar-refractivity contribution in [1.29, 1.82) is 0 Å². The van der Waals surface area contributed by atoms with Crippen LogP contribution in [-0.2, 0) is 15.7 Å². The van der Waals surface area contributed by atoms with Gasteiger partial charge in [-0.05, 0) is 30.2 Å². The Balaban J connectivity index is 1.65. The molecule has 10 nitrogen and oxygen atoms in total. The first-order valence-corrected chi connectivity index (χ1v) is 14.0. The highest BCUT2D eigenvalue weighted by atomic mass is 35.5. The SMILES string of the molecule is COC1[C@@H](n2cc(-c3nc(Cl)cs3)nn2)[C@@H](O)C(CO)O[C@H]1c1cc(C(C)C)nn1-c1cc(Cl)ccc1C(F)(F)F. The fourth-order valence-electron chi connectivity index (χ4n) is 4.80. The number of aliphatic hydroxyl groups excluding tert-OH is 2. The first kappa shape index (κ1) is 29.9. The molecule has 1 saturated heterocycles. The second kappa shape index (κ2) is 11.6. The first-order valence-electron chi connectivity index (χ1n) is 12.4. The van der Waals surface area contributed by atoms with Gasteiger partial charge in [0.1, 0.15) is 46.3 Å². The van der Waals surface area contributed by atoms with Gasteiger partial charge in [0.15, 0.2) is 0 Å². The standard InChI is InChI=1S/C25H25Cl2F3N6O4S/c1-11(2)14-7-17(36(33-14)16-6-12(26)4-5-13(16)25(28,29)30)22-23(39-3)20(21(38)18(9-37)40-22)35-8-15(32-34-35)24-31-19(27)10-41-24/h4-8,10-11,18,20-23,37-38H,9H2,1-3H3/t18?,20-,21-,22-,23?/m0/s1. The van der Waals surface area contributed by atoms with Crippen LogP contribution >= 0.6 is 34.5 Å². The fourth-order valence-corrected chi connectivity index (χ4v) is 5.86. The molecule has 16 heteroatoms. The van der Waals surface area contributed by atoms with Gasteiger partial charge in [-0.1, -0.05) is 42.3 Å². The Bertz CT molecular complexity index is 1530. The highest BCUT2D eigenvalue weighted by molar-refractivity contribution is 7.13. The predicted octanol–water partition coefficient (Wildman–Crippen LogP) is 5.09. The van der Waals surface area contributed by atoms with Gasteiger partial charge in [-0.3, -0.25) is 0 Å². The van der Waals surface area contributed by atoms with Crippen molar-refractivity contribution in [3.05, 3.63) is 63.0 Å². The summed E-state index contributed by atoms with van der Waals surface area (Å²) in [5, 5.41) is 36.6. The molecule has 220 valence electrons. The van der Waals surface area contributed by atoms with Gasteiger partial charge in [0.2, 0.25) is 0 Å². The molecular weight excluding hydrogens is 608 g/mol. The van der Waals surface area contributed by atoms with Crippen LogP contribution < -0.4 is 0 Å². The lowest BCUT2D eigenvalue weighted by Crippen LogP contribution is -2.53. The maximum absolute atomic E-state index is 14.1. The van der Waals surface area contributed by atoms with E-state index in [1.165, 1.54) is 29.2 Å². The summed E-state index contributed by atoms with van der Waals surface area (Å²) in [5.41, 5.74) is -0.190. The number of aliphatic hydroxyl groups is 2. The maximum Gasteiger partial charge on any atom is 0.418 e. The maximum atomic E-state index is 14.1. The minimum Gasteiger partial charge on any atom is -0.394 e. The van der Waals surface area contributed by atoms with Crippen LogP contribution in [0.25, 0.3) is 16.4 Å². The van der Waals surface area contributed by atoms with Gasteiger partial charge >= 0.3 is 6.18 Å². The van der Waals surface area contributed by atoms with Crippen molar-refractivity contribution < 1.29 is 32.9 Å². The van der Waals surface area contributed by atoms with Crippen molar-refractivity contribution in [2.24, 2.45) is 0 Å². The summed E-state index contributed by atoms with van der Waals surface area (Å²) >= 11 is 13.3. The molecule has 1 aliphatic heterocycles. The Hall–Kier alpha value is -2.59. The Morgan fingerprint density at radius 2 is 1.98 bits per heavy atom. The van der Waals surface area contributed by atoms with Gasteiger partial charge in [-0.2, -0.15) is 18.3 Å². The van der Waals surface area contributed by atoms with E-state index >= 15 is 0 Å². The van der Waals surface area contributed by atoms with Crippen molar-refractivity contribution in [3.8, 4) is 16.4 Å². The second-order valence-corrected chi connectivity index (χ2v) is 11.4. The van der Waals surface area contributed by atoms with Crippen molar-refractivity contribution in [1.82, 2.24) is 29.8 Å². The average molecular weight is 633 g/mol. The van der Waals surface area contributed by atoms with Crippen LogP contribution in [-0.4, -0.2) is 72.0 Å². The summed E-state index contributed by atoms with van der Waals surface area (Å²) in [6.45, 7) is 3.10. The van der Waals surface area contributed by atoms with Gasteiger partial charge in [-0.25, -0.2) is 14.3 Å². The molecule has 4 heterocycles. The Kier molecular flexibility index (Phi) is 8.45. The van der Waals surface area contributed by atoms with Crippen LogP contribution in [0.3, 0.4) is 0 Å². The molecule has 41 heavy (non-hydrogen) atoms. The molecule has 0 radical (unpaired) electrons. The van der Waals surface area contributed by atoms with E-state index in [0.717, 1.165) is 16.8 Å². The van der Waals surface area contributed by atoms with Gasteiger partial charge < -0.3 is 19.7 Å². The van der Waals surface area contributed by atoms with Crippen LogP contribution in [0.1, 0.15) is 48.9 Å². The van der Waals surface area contributed by atoms with Crippen LogP contribution in [0.4, 0.5) is 13.2 Å². The van der Waals surface area contributed by atoms with Crippen LogP contribution in [0.15, 0.2) is 35.8 Å². The third-order valence-corrected chi connectivity index (χ3v) is 8.21. The van der Waals surface area contributed by atoms with E-state index in [1.54, 1.807) is 17.6 Å². The molecule has 3 aromatic heterocycles. The molecule has 1 aliphatic rings. The largest absolute Gasteiger partial charge is 0.418 e. The lowest BCUT2D eigenvalue weighted by atomic mass is 9.90. The normalized spacial score (nSPS) is 23.4. The van der Waals surface area contributed by atoms with Crippen LogP contribution in [0.2, 0.25) is 10.2 Å². The number of alkyl halides is 3. The van der Waals surface area contributed by atoms with Crippen molar-refractivity contribution in [2.45, 2.75) is 56.4 Å². The van der Waals surface area contributed by atoms with E-state index in [9.17, 15) is 23.4 Å². The van der Waals surface area contributed by atoms with Gasteiger partial charge in [0.25, 0.3) is 0 Å². The average Bonchev–Trinajstić information content (AvgIpc) is 3.67. The molecule has 0 amide bonds. The topological polar surface area (TPSA) is 120 Å². The van der Waals surface area contributed by atoms with E-state index in [-0.39, 0.29) is 27.5 Å². The number of ether oxygens (including phenoxy) is 2. The molecule has 1 aromatic carbocycles. The number of thiazole rings is 1. The van der Waals surface area contributed by atoms with E-state index < -0.39 is 48.8 Å². The minimum atomic E-state index is -4.71. The molecule has 4 aromatic rings. The van der Waals surface area contributed by atoms with Gasteiger partial charge in [-0.15, -0.1) is 16.4 Å². The third kappa shape index (κ3) is 5.74. The summed E-state index contributed by atoms with van der Waals surface area (Å²) in [6.07, 6.45) is -7.75. The number of methoxy groups -OCH3 is 1. The molecule has 1 fully saturated rings.